The van der Waals surface area contributed by atoms with E-state index in [0.29, 0.717) is 28.4 Å². The van der Waals surface area contributed by atoms with Gasteiger partial charge in [0.25, 0.3) is 5.69 Å². The Morgan fingerprint density at radius 2 is 1.74 bits per heavy atom. The van der Waals surface area contributed by atoms with Gasteiger partial charge in [-0.25, -0.2) is 0 Å². The van der Waals surface area contributed by atoms with E-state index in [1.165, 1.54) is 17.0 Å². The number of nitro benzene ring substituents is 1. The van der Waals surface area contributed by atoms with Gasteiger partial charge in [0.15, 0.2) is 0 Å². The maximum atomic E-state index is 13.3. The monoisotopic (exact) mass is 437 g/mol. The predicted octanol–water partition coefficient (Wildman–Crippen LogP) is 3.42. The molecule has 2 aliphatic heterocycles. The first-order chi connectivity index (χ1) is 15.0. The number of hydrogen-bond donors (Lipinski definition) is 0. The molecule has 2 saturated carbocycles. The van der Waals surface area contributed by atoms with Crippen molar-refractivity contribution >= 4 is 40.5 Å². The first-order valence-corrected chi connectivity index (χ1v) is 10.5. The minimum absolute atomic E-state index is 0.0225. The molecule has 4 aliphatic rings. The van der Waals surface area contributed by atoms with Gasteiger partial charge < -0.3 is 4.84 Å². The van der Waals surface area contributed by atoms with Gasteiger partial charge in [-0.2, -0.15) is 0 Å². The number of nitrogens with zero attached hydrogens (tertiary/aromatic N) is 3. The summed E-state index contributed by atoms with van der Waals surface area (Å²) >= 11 is 5.95. The molecule has 0 N–H and O–H groups in total. The van der Waals surface area contributed by atoms with Crippen LogP contribution in [0.4, 0.5) is 11.4 Å². The van der Waals surface area contributed by atoms with Crippen molar-refractivity contribution in [2.75, 3.05) is 4.90 Å². The minimum atomic E-state index is -0.447. The van der Waals surface area contributed by atoms with Crippen molar-refractivity contribution < 1.29 is 19.3 Å². The Kier molecular flexibility index (Phi) is 3.80. The maximum absolute atomic E-state index is 13.3. The van der Waals surface area contributed by atoms with Gasteiger partial charge in [0.1, 0.15) is 6.10 Å². The van der Waals surface area contributed by atoms with Gasteiger partial charge in [-0.1, -0.05) is 28.9 Å². The van der Waals surface area contributed by atoms with Crippen molar-refractivity contribution in [2.24, 2.45) is 34.7 Å². The molecule has 2 bridgehead atoms. The Morgan fingerprint density at radius 1 is 1.03 bits per heavy atom. The zero-order valence-corrected chi connectivity index (χ0v) is 16.8. The number of amides is 2. The van der Waals surface area contributed by atoms with Gasteiger partial charge in [0.05, 0.1) is 28.2 Å². The second-order valence-electron chi connectivity index (χ2n) is 8.48. The fourth-order valence-electron chi connectivity index (χ4n) is 5.99. The van der Waals surface area contributed by atoms with E-state index in [2.05, 4.69) is 5.16 Å². The van der Waals surface area contributed by atoms with Crippen LogP contribution in [0.3, 0.4) is 0 Å². The number of oxime groups is 1. The number of carbonyl (C=O) groups excluding carboxylic acids is 2. The number of imide groups is 1. The van der Waals surface area contributed by atoms with Gasteiger partial charge >= 0.3 is 0 Å². The summed E-state index contributed by atoms with van der Waals surface area (Å²) < 4.78 is 0. The van der Waals surface area contributed by atoms with E-state index in [1.54, 1.807) is 36.4 Å². The number of halogens is 1. The van der Waals surface area contributed by atoms with E-state index in [9.17, 15) is 19.7 Å². The summed E-state index contributed by atoms with van der Waals surface area (Å²) in [6, 6.07) is 13.0. The molecule has 31 heavy (non-hydrogen) atoms. The summed E-state index contributed by atoms with van der Waals surface area (Å²) in [5.41, 5.74) is 1.75. The van der Waals surface area contributed by atoms with Crippen LogP contribution >= 0.6 is 11.6 Å². The largest absolute Gasteiger partial charge is 0.391 e. The lowest BCUT2D eigenvalue weighted by atomic mass is 9.71. The Bertz CT molecular complexity index is 1180. The molecule has 8 nitrogen and oxygen atoms in total. The Balaban J connectivity index is 1.34. The molecular weight excluding hydrogens is 422 g/mol. The summed E-state index contributed by atoms with van der Waals surface area (Å²) in [4.78, 5) is 44.3. The Hall–Kier alpha value is -3.26. The lowest BCUT2D eigenvalue weighted by Crippen LogP contribution is -2.41. The molecule has 2 aromatic rings. The van der Waals surface area contributed by atoms with E-state index in [1.807, 2.05) is 0 Å². The molecule has 2 aromatic carbocycles. The lowest BCUT2D eigenvalue weighted by Gasteiger charge is -2.29. The topological polar surface area (TPSA) is 102 Å². The molecule has 1 saturated heterocycles. The van der Waals surface area contributed by atoms with Crippen LogP contribution < -0.4 is 4.90 Å². The van der Waals surface area contributed by atoms with Crippen LogP contribution in [0, 0.1) is 39.7 Å². The molecule has 9 heteroatoms. The summed E-state index contributed by atoms with van der Waals surface area (Å²) in [7, 11) is 0. The second kappa shape index (κ2) is 6.37. The van der Waals surface area contributed by atoms with Gasteiger partial charge in [-0.05, 0) is 36.6 Å². The third-order valence-corrected chi connectivity index (χ3v) is 7.38. The van der Waals surface area contributed by atoms with Gasteiger partial charge in [-0.15, -0.1) is 0 Å². The Labute approximate surface area is 181 Å². The normalized spacial score (nSPS) is 32.7. The zero-order chi connectivity index (χ0) is 21.4. The standard InChI is InChI=1S/C22H16ClN3O5/c23-11-4-6-12(7-5-11)25-21(27)16-14-9-15(17(16)22(25)28)20-18(14)19(24-31-20)10-2-1-3-13(8-10)26(29)30/h1-8,14-18,20H,9H2/t14-,15-,16-,17-,18+,20+/m1/s1. The van der Waals surface area contributed by atoms with E-state index in [0.717, 1.165) is 0 Å². The van der Waals surface area contributed by atoms with Crippen LogP contribution in [0.1, 0.15) is 12.0 Å². The highest BCUT2D eigenvalue weighted by atomic mass is 35.5. The van der Waals surface area contributed by atoms with Crippen molar-refractivity contribution in [1.82, 2.24) is 0 Å². The van der Waals surface area contributed by atoms with Crippen molar-refractivity contribution in [3.63, 3.8) is 0 Å². The predicted molar refractivity (Wildman–Crippen MR) is 111 cm³/mol. The quantitative estimate of drug-likeness (QED) is 0.416. The van der Waals surface area contributed by atoms with Gasteiger partial charge in [0, 0.05) is 34.6 Å². The summed E-state index contributed by atoms with van der Waals surface area (Å²) in [5.74, 6) is -1.60. The van der Waals surface area contributed by atoms with Gasteiger partial charge in [-0.3, -0.25) is 24.6 Å². The molecule has 0 unspecified atom stereocenters. The van der Waals surface area contributed by atoms with Gasteiger partial charge in [0.2, 0.25) is 11.8 Å². The molecule has 0 spiro atoms. The molecule has 2 aliphatic carbocycles. The van der Waals surface area contributed by atoms with Crippen molar-refractivity contribution in [1.29, 1.82) is 0 Å². The number of anilines is 1. The van der Waals surface area contributed by atoms with Crippen LogP contribution in [-0.2, 0) is 14.4 Å². The number of benzene rings is 2. The van der Waals surface area contributed by atoms with Crippen LogP contribution in [0.25, 0.3) is 0 Å². The maximum Gasteiger partial charge on any atom is 0.270 e. The fraction of sp³-hybridized carbons (Fsp3) is 0.318. The fourth-order valence-corrected chi connectivity index (χ4v) is 6.11. The number of fused-ring (bicyclic) bond motifs is 8. The highest BCUT2D eigenvalue weighted by Gasteiger charge is 2.70. The number of carbonyl (C=O) groups is 2. The van der Waals surface area contributed by atoms with Crippen molar-refractivity contribution in [3.05, 3.63) is 69.2 Å². The number of rotatable bonds is 3. The highest BCUT2D eigenvalue weighted by Crippen LogP contribution is 2.62. The summed E-state index contributed by atoms with van der Waals surface area (Å²) in [6.45, 7) is 0. The summed E-state index contributed by atoms with van der Waals surface area (Å²) in [6.07, 6.45) is 0.423. The second-order valence-corrected chi connectivity index (χ2v) is 8.92. The molecule has 3 fully saturated rings. The van der Waals surface area contributed by atoms with E-state index < -0.39 is 16.8 Å². The zero-order valence-electron chi connectivity index (χ0n) is 16.1. The molecule has 156 valence electrons. The smallest absolute Gasteiger partial charge is 0.270 e. The number of hydrogen-bond acceptors (Lipinski definition) is 6. The number of nitro groups is 1. The van der Waals surface area contributed by atoms with Crippen molar-refractivity contribution in [2.45, 2.75) is 12.5 Å². The van der Waals surface area contributed by atoms with E-state index in [4.69, 9.17) is 16.4 Å². The number of non-ortho nitro benzene ring substituents is 1. The average molecular weight is 438 g/mol. The average Bonchev–Trinajstić information content (AvgIpc) is 3.49. The van der Waals surface area contributed by atoms with E-state index >= 15 is 0 Å². The molecular formula is C22H16ClN3O5. The third-order valence-electron chi connectivity index (χ3n) is 7.13. The molecule has 2 amide bonds. The lowest BCUT2D eigenvalue weighted by molar-refractivity contribution is -0.384. The summed E-state index contributed by atoms with van der Waals surface area (Å²) in [5, 5.41) is 16.0. The Morgan fingerprint density at radius 3 is 2.45 bits per heavy atom. The first-order valence-electron chi connectivity index (χ1n) is 10.1. The van der Waals surface area contributed by atoms with Crippen LogP contribution in [0.5, 0.6) is 0 Å². The SMILES string of the molecule is O=C1[C@@H]2[C@H]3C[C@@H]([C@H]4C(c5cccc([N+](=O)[O-])c5)=NO[C@@H]34)[C@H]2C(=O)N1c1ccc(Cl)cc1. The van der Waals surface area contributed by atoms with Crippen molar-refractivity contribution in [3.8, 4) is 0 Å². The van der Waals surface area contributed by atoms with Crippen LogP contribution in [-0.4, -0.2) is 28.6 Å². The first kappa shape index (κ1) is 18.5. The molecule has 0 aromatic heterocycles. The van der Waals surface area contributed by atoms with Crippen LogP contribution in [0.15, 0.2) is 53.7 Å². The molecule has 2 heterocycles. The van der Waals surface area contributed by atoms with E-state index in [-0.39, 0.29) is 41.4 Å². The highest BCUT2D eigenvalue weighted by molar-refractivity contribution is 6.31. The van der Waals surface area contributed by atoms with Crippen LogP contribution in [0.2, 0.25) is 5.02 Å². The minimum Gasteiger partial charge on any atom is -0.391 e. The molecule has 0 radical (unpaired) electrons. The molecule has 6 rings (SSSR count). The molecule has 6 atom stereocenters. The third kappa shape index (κ3) is 2.45.